The molecule has 0 spiro atoms. The van der Waals surface area contributed by atoms with Gasteiger partial charge in [0.1, 0.15) is 11.7 Å². The van der Waals surface area contributed by atoms with Crippen molar-refractivity contribution in [2.24, 2.45) is 0 Å². The van der Waals surface area contributed by atoms with Crippen molar-refractivity contribution in [3.63, 3.8) is 0 Å². The fourth-order valence-electron chi connectivity index (χ4n) is 2.25. The van der Waals surface area contributed by atoms with Gasteiger partial charge in [0, 0.05) is 6.42 Å². The molecule has 0 bridgehead atoms. The second kappa shape index (κ2) is 5.83. The Balaban J connectivity index is 2.42. The molecular formula is C17H18O2. The van der Waals surface area contributed by atoms with Crippen molar-refractivity contribution >= 4 is 0 Å². The average Bonchev–Trinajstić information content (AvgIpc) is 2.48. The highest BCUT2D eigenvalue weighted by molar-refractivity contribution is 5.30. The highest BCUT2D eigenvalue weighted by atomic mass is 16.3. The summed E-state index contributed by atoms with van der Waals surface area (Å²) in [6, 6.07) is 18.4. The normalized spacial score (nSPS) is 15.5. The van der Waals surface area contributed by atoms with E-state index in [9.17, 15) is 10.2 Å². The Morgan fingerprint density at radius 3 is 2.05 bits per heavy atom. The summed E-state index contributed by atoms with van der Waals surface area (Å²) in [7, 11) is 0. The predicted molar refractivity (Wildman–Crippen MR) is 76.6 cm³/mol. The maximum Gasteiger partial charge on any atom is 0.123 e. The molecule has 0 saturated heterocycles. The van der Waals surface area contributed by atoms with Crippen LogP contribution >= 0.6 is 0 Å². The van der Waals surface area contributed by atoms with Crippen LogP contribution in [0.3, 0.4) is 0 Å². The second-order valence-corrected chi connectivity index (χ2v) is 4.60. The molecule has 0 aliphatic carbocycles. The minimum atomic E-state index is -1.36. The van der Waals surface area contributed by atoms with Crippen LogP contribution in [0.2, 0.25) is 0 Å². The van der Waals surface area contributed by atoms with Crippen LogP contribution in [0.5, 0.6) is 0 Å². The molecule has 2 heteroatoms. The first-order valence-corrected chi connectivity index (χ1v) is 6.30. The number of hydrogen-bond donors (Lipinski definition) is 2. The van der Waals surface area contributed by atoms with Gasteiger partial charge in [0.25, 0.3) is 0 Å². The van der Waals surface area contributed by atoms with E-state index in [4.69, 9.17) is 0 Å². The quantitative estimate of drug-likeness (QED) is 0.804. The van der Waals surface area contributed by atoms with Crippen molar-refractivity contribution in [1.82, 2.24) is 0 Å². The molecule has 2 aromatic carbocycles. The second-order valence-electron chi connectivity index (χ2n) is 4.60. The van der Waals surface area contributed by atoms with E-state index >= 15 is 0 Å². The van der Waals surface area contributed by atoms with Crippen molar-refractivity contribution in [2.75, 3.05) is 0 Å². The van der Waals surface area contributed by atoms with Gasteiger partial charge in [-0.1, -0.05) is 66.7 Å². The van der Waals surface area contributed by atoms with Gasteiger partial charge in [-0.05, 0) is 11.1 Å². The number of aliphatic hydroxyl groups is 2. The van der Waals surface area contributed by atoms with E-state index in [-0.39, 0.29) is 6.42 Å². The smallest absolute Gasteiger partial charge is 0.123 e. The molecule has 0 amide bonds. The van der Waals surface area contributed by atoms with Crippen LogP contribution in [0.25, 0.3) is 0 Å². The summed E-state index contributed by atoms with van der Waals surface area (Å²) >= 11 is 0. The Labute approximate surface area is 113 Å². The van der Waals surface area contributed by atoms with E-state index in [1.165, 1.54) is 0 Å². The zero-order valence-electron chi connectivity index (χ0n) is 10.7. The topological polar surface area (TPSA) is 40.5 Å². The van der Waals surface area contributed by atoms with Gasteiger partial charge in [-0.15, -0.1) is 6.58 Å². The van der Waals surface area contributed by atoms with Crippen molar-refractivity contribution in [3.8, 4) is 0 Å². The zero-order chi connectivity index (χ0) is 13.7. The molecule has 2 N–H and O–H groups in total. The summed E-state index contributed by atoms with van der Waals surface area (Å²) in [5, 5.41) is 21.4. The lowest BCUT2D eigenvalue weighted by Crippen LogP contribution is -2.33. The summed E-state index contributed by atoms with van der Waals surface area (Å²) in [6.45, 7) is 3.68. The summed E-state index contributed by atoms with van der Waals surface area (Å²) in [5.74, 6) is 0. The molecule has 98 valence electrons. The molecule has 0 aliphatic rings. The predicted octanol–water partition coefficient (Wildman–Crippen LogP) is 3.18. The maximum absolute atomic E-state index is 10.9. The van der Waals surface area contributed by atoms with E-state index in [1.54, 1.807) is 6.08 Å². The first-order chi connectivity index (χ1) is 9.18. The molecule has 0 saturated carbocycles. The lowest BCUT2D eigenvalue weighted by Gasteiger charge is -2.33. The summed E-state index contributed by atoms with van der Waals surface area (Å²) < 4.78 is 0. The van der Waals surface area contributed by atoms with E-state index in [0.717, 1.165) is 0 Å². The Hall–Kier alpha value is -1.90. The number of rotatable bonds is 5. The molecule has 0 aliphatic heterocycles. The average molecular weight is 254 g/mol. The fourth-order valence-corrected chi connectivity index (χ4v) is 2.25. The highest BCUT2D eigenvalue weighted by Crippen LogP contribution is 2.38. The third kappa shape index (κ3) is 2.75. The minimum Gasteiger partial charge on any atom is -0.385 e. The molecular weight excluding hydrogens is 236 g/mol. The summed E-state index contributed by atoms with van der Waals surface area (Å²) in [4.78, 5) is 0. The van der Waals surface area contributed by atoms with Gasteiger partial charge in [0.15, 0.2) is 0 Å². The largest absolute Gasteiger partial charge is 0.385 e. The van der Waals surface area contributed by atoms with E-state index in [2.05, 4.69) is 6.58 Å². The Kier molecular flexibility index (Phi) is 4.15. The SMILES string of the molecule is C=CC[C@](O)(c1ccccc1)[C@H](O)c1ccccc1. The van der Waals surface area contributed by atoms with Crippen molar-refractivity contribution in [3.05, 3.63) is 84.4 Å². The van der Waals surface area contributed by atoms with Crippen LogP contribution in [-0.2, 0) is 5.60 Å². The van der Waals surface area contributed by atoms with Crippen LogP contribution in [0.1, 0.15) is 23.7 Å². The van der Waals surface area contributed by atoms with Crippen LogP contribution in [0.15, 0.2) is 73.3 Å². The Morgan fingerprint density at radius 1 is 1.00 bits per heavy atom. The number of hydrogen-bond acceptors (Lipinski definition) is 2. The van der Waals surface area contributed by atoms with Gasteiger partial charge in [-0.3, -0.25) is 0 Å². The molecule has 0 unspecified atom stereocenters. The van der Waals surface area contributed by atoms with Crippen molar-refractivity contribution in [2.45, 2.75) is 18.1 Å². The summed E-state index contributed by atoms with van der Waals surface area (Å²) in [5.41, 5.74) is 0.0200. The van der Waals surface area contributed by atoms with E-state index in [1.807, 2.05) is 60.7 Å². The van der Waals surface area contributed by atoms with Crippen molar-refractivity contribution < 1.29 is 10.2 Å². The molecule has 2 rings (SSSR count). The molecule has 2 nitrogen and oxygen atoms in total. The molecule has 2 atom stereocenters. The van der Waals surface area contributed by atoms with Gasteiger partial charge in [-0.25, -0.2) is 0 Å². The number of benzene rings is 2. The standard InChI is InChI=1S/C17H18O2/c1-2-13-17(19,15-11-7-4-8-12-15)16(18)14-9-5-3-6-10-14/h2-12,16,18-19H,1,13H2/t16-,17+/m1/s1. The third-order valence-electron chi connectivity index (χ3n) is 3.30. The monoisotopic (exact) mass is 254 g/mol. The Morgan fingerprint density at radius 2 is 1.53 bits per heavy atom. The van der Waals surface area contributed by atoms with Gasteiger partial charge >= 0.3 is 0 Å². The van der Waals surface area contributed by atoms with Crippen molar-refractivity contribution in [1.29, 1.82) is 0 Å². The zero-order valence-corrected chi connectivity index (χ0v) is 10.7. The number of aliphatic hydroxyl groups excluding tert-OH is 1. The molecule has 0 heterocycles. The fraction of sp³-hybridized carbons (Fsp3) is 0.176. The maximum atomic E-state index is 10.9. The molecule has 19 heavy (non-hydrogen) atoms. The highest BCUT2D eigenvalue weighted by Gasteiger charge is 2.37. The first kappa shape index (κ1) is 13.5. The van der Waals surface area contributed by atoms with Crippen LogP contribution in [-0.4, -0.2) is 10.2 Å². The summed E-state index contributed by atoms with van der Waals surface area (Å²) in [6.07, 6.45) is 0.917. The van der Waals surface area contributed by atoms with Gasteiger partial charge < -0.3 is 10.2 Å². The molecule has 2 aromatic rings. The van der Waals surface area contributed by atoms with E-state index < -0.39 is 11.7 Å². The first-order valence-electron chi connectivity index (χ1n) is 6.30. The van der Waals surface area contributed by atoms with Gasteiger partial charge in [-0.2, -0.15) is 0 Å². The molecule has 0 aromatic heterocycles. The van der Waals surface area contributed by atoms with E-state index in [0.29, 0.717) is 11.1 Å². The van der Waals surface area contributed by atoms with Crippen LogP contribution in [0, 0.1) is 0 Å². The van der Waals surface area contributed by atoms with Crippen LogP contribution in [0.4, 0.5) is 0 Å². The third-order valence-corrected chi connectivity index (χ3v) is 3.30. The van der Waals surface area contributed by atoms with Gasteiger partial charge in [0.2, 0.25) is 0 Å². The Bertz CT molecular complexity index is 521. The molecule has 0 radical (unpaired) electrons. The van der Waals surface area contributed by atoms with Gasteiger partial charge in [0.05, 0.1) is 0 Å². The lowest BCUT2D eigenvalue weighted by molar-refractivity contribution is -0.0810. The van der Waals surface area contributed by atoms with Crippen LogP contribution < -0.4 is 0 Å². The lowest BCUT2D eigenvalue weighted by atomic mass is 9.82. The molecule has 0 fully saturated rings. The minimum absolute atomic E-state index is 0.285.